The first-order valence-corrected chi connectivity index (χ1v) is 7.04. The Balaban J connectivity index is 2.44. The van der Waals surface area contributed by atoms with Crippen molar-refractivity contribution in [3.63, 3.8) is 0 Å². The molecule has 0 N–H and O–H groups in total. The van der Waals surface area contributed by atoms with E-state index in [1.807, 2.05) is 22.6 Å². The van der Waals surface area contributed by atoms with Gasteiger partial charge in [-0.05, 0) is 46.4 Å². The Morgan fingerprint density at radius 1 is 1.28 bits per heavy atom. The molecule has 0 saturated carbocycles. The van der Waals surface area contributed by atoms with Gasteiger partial charge in [0.15, 0.2) is 0 Å². The molecule has 0 radical (unpaired) electrons. The van der Waals surface area contributed by atoms with Crippen molar-refractivity contribution >= 4 is 57.4 Å². The number of rotatable bonds is 2. The minimum absolute atomic E-state index is 0.202. The van der Waals surface area contributed by atoms with Crippen molar-refractivity contribution in [2.75, 3.05) is 0 Å². The monoisotopic (exact) mass is 414 g/mol. The fourth-order valence-electron chi connectivity index (χ4n) is 1.40. The molecule has 0 aliphatic carbocycles. The summed E-state index contributed by atoms with van der Waals surface area (Å²) in [6.07, 6.45) is 1.39. The van der Waals surface area contributed by atoms with Crippen LogP contribution in [0.25, 0.3) is 0 Å². The van der Waals surface area contributed by atoms with Crippen molar-refractivity contribution in [2.45, 2.75) is 6.54 Å². The van der Waals surface area contributed by atoms with Gasteiger partial charge in [-0.25, -0.2) is 4.98 Å². The second-order valence-corrected chi connectivity index (χ2v) is 5.80. The zero-order chi connectivity index (χ0) is 13.3. The molecule has 0 unspecified atom stereocenters. The predicted molar refractivity (Wildman–Crippen MR) is 81.8 cm³/mol. The van der Waals surface area contributed by atoms with Crippen LogP contribution in [0.1, 0.15) is 5.56 Å². The average Bonchev–Trinajstić information content (AvgIpc) is 2.34. The first-order chi connectivity index (χ1) is 8.49. The summed E-state index contributed by atoms with van der Waals surface area (Å²) in [6, 6.07) is 5.11. The third kappa shape index (κ3) is 2.99. The van der Waals surface area contributed by atoms with Crippen molar-refractivity contribution in [1.82, 2.24) is 9.55 Å². The fraction of sp³-hybridized carbons (Fsp3) is 0.0909. The van der Waals surface area contributed by atoms with Gasteiger partial charge in [0, 0.05) is 10.0 Å². The summed E-state index contributed by atoms with van der Waals surface area (Å²) in [7, 11) is 0. The molecule has 1 heterocycles. The van der Waals surface area contributed by atoms with Crippen LogP contribution in [-0.2, 0) is 6.54 Å². The normalized spacial score (nSPS) is 10.7. The number of hydrogen-bond donors (Lipinski definition) is 0. The third-order valence-electron chi connectivity index (χ3n) is 2.29. The minimum Gasteiger partial charge on any atom is -0.294 e. The highest BCUT2D eigenvalue weighted by Gasteiger charge is 2.09. The number of nitrogens with zero attached hydrogens (tertiary/aromatic N) is 2. The Kier molecular flexibility index (Phi) is 4.53. The van der Waals surface area contributed by atoms with Crippen molar-refractivity contribution < 1.29 is 0 Å². The van der Waals surface area contributed by atoms with E-state index in [0.29, 0.717) is 20.2 Å². The molecule has 0 aliphatic rings. The summed E-state index contributed by atoms with van der Waals surface area (Å²) in [6.45, 7) is 0.304. The lowest BCUT2D eigenvalue weighted by Crippen LogP contribution is -2.23. The maximum absolute atomic E-state index is 11.9. The summed E-state index contributed by atoms with van der Waals surface area (Å²) in [5.74, 6) is 0. The van der Waals surface area contributed by atoms with Gasteiger partial charge < -0.3 is 0 Å². The van der Waals surface area contributed by atoms with Gasteiger partial charge in [-0.1, -0.05) is 34.8 Å². The molecule has 0 fully saturated rings. The van der Waals surface area contributed by atoms with Crippen molar-refractivity contribution in [2.24, 2.45) is 0 Å². The molecule has 0 aliphatic heterocycles. The molecule has 18 heavy (non-hydrogen) atoms. The molecule has 2 aromatic rings. The second-order valence-electron chi connectivity index (χ2n) is 3.52. The van der Waals surface area contributed by atoms with E-state index >= 15 is 0 Å². The Bertz CT molecular complexity index is 657. The van der Waals surface area contributed by atoms with Crippen molar-refractivity contribution in [3.8, 4) is 0 Å². The lowest BCUT2D eigenvalue weighted by molar-refractivity contribution is 0.730. The quantitative estimate of drug-likeness (QED) is 0.552. The highest BCUT2D eigenvalue weighted by molar-refractivity contribution is 14.1. The Morgan fingerprint density at radius 2 is 2.00 bits per heavy atom. The first kappa shape index (κ1) is 14.1. The van der Waals surface area contributed by atoms with Crippen LogP contribution in [0.15, 0.2) is 29.3 Å². The standard InChI is InChI=1S/C11H6Cl3IN2O/c12-7-1-2-8(13)6(3-7)4-17-5-16-10(14)9(15)11(17)18/h1-3,5H,4H2. The van der Waals surface area contributed by atoms with Gasteiger partial charge in [0.05, 0.1) is 12.9 Å². The Labute approximate surface area is 132 Å². The fourth-order valence-corrected chi connectivity index (χ4v) is 2.35. The molecule has 0 bridgehead atoms. The number of hydrogen-bond acceptors (Lipinski definition) is 2. The Morgan fingerprint density at radius 3 is 2.72 bits per heavy atom. The van der Waals surface area contributed by atoms with Gasteiger partial charge >= 0.3 is 0 Å². The van der Waals surface area contributed by atoms with Crippen LogP contribution < -0.4 is 5.56 Å². The highest BCUT2D eigenvalue weighted by atomic mass is 127. The maximum Gasteiger partial charge on any atom is 0.268 e. The van der Waals surface area contributed by atoms with E-state index in [4.69, 9.17) is 34.8 Å². The van der Waals surface area contributed by atoms with Crippen LogP contribution in [-0.4, -0.2) is 9.55 Å². The zero-order valence-electron chi connectivity index (χ0n) is 8.83. The zero-order valence-corrected chi connectivity index (χ0v) is 13.3. The van der Waals surface area contributed by atoms with Crippen LogP contribution in [0.5, 0.6) is 0 Å². The number of aromatic nitrogens is 2. The predicted octanol–water partition coefficient (Wildman–Crippen LogP) is 3.86. The molecule has 2 rings (SSSR count). The molecule has 1 aromatic heterocycles. The molecule has 0 spiro atoms. The summed E-state index contributed by atoms with van der Waals surface area (Å²) in [5.41, 5.74) is 0.554. The average molecular weight is 415 g/mol. The topological polar surface area (TPSA) is 34.9 Å². The van der Waals surface area contributed by atoms with Gasteiger partial charge in [0.1, 0.15) is 8.72 Å². The summed E-state index contributed by atoms with van der Waals surface area (Å²) in [5, 5.41) is 1.32. The Hall–Kier alpha value is -0.300. The van der Waals surface area contributed by atoms with E-state index in [0.717, 1.165) is 5.56 Å². The van der Waals surface area contributed by atoms with Crippen molar-refractivity contribution in [1.29, 1.82) is 0 Å². The molecule has 94 valence electrons. The van der Waals surface area contributed by atoms with Crippen molar-refractivity contribution in [3.05, 3.63) is 59.2 Å². The summed E-state index contributed by atoms with van der Waals surface area (Å²) >= 11 is 19.6. The van der Waals surface area contributed by atoms with E-state index in [1.165, 1.54) is 10.9 Å². The lowest BCUT2D eigenvalue weighted by atomic mass is 10.2. The highest BCUT2D eigenvalue weighted by Crippen LogP contribution is 2.21. The molecule has 7 heteroatoms. The molecular weight excluding hydrogens is 409 g/mol. The smallest absolute Gasteiger partial charge is 0.268 e. The minimum atomic E-state index is -0.202. The molecule has 3 nitrogen and oxygen atoms in total. The van der Waals surface area contributed by atoms with Crippen LogP contribution >= 0.6 is 57.4 Å². The van der Waals surface area contributed by atoms with Gasteiger partial charge in [0.2, 0.25) is 0 Å². The number of benzene rings is 1. The third-order valence-corrected chi connectivity index (χ3v) is 4.47. The molecule has 0 saturated heterocycles. The van der Waals surface area contributed by atoms with E-state index in [1.54, 1.807) is 18.2 Å². The second kappa shape index (κ2) is 5.77. The van der Waals surface area contributed by atoms with E-state index < -0.39 is 0 Å². The van der Waals surface area contributed by atoms with Crippen LogP contribution in [0.2, 0.25) is 15.2 Å². The maximum atomic E-state index is 11.9. The van der Waals surface area contributed by atoms with Gasteiger partial charge in [-0.15, -0.1) is 0 Å². The van der Waals surface area contributed by atoms with Gasteiger partial charge in [-0.3, -0.25) is 9.36 Å². The summed E-state index contributed by atoms with van der Waals surface area (Å²) in [4.78, 5) is 15.9. The molecular formula is C11H6Cl3IN2O. The lowest BCUT2D eigenvalue weighted by Gasteiger charge is -2.08. The van der Waals surface area contributed by atoms with E-state index in [9.17, 15) is 4.79 Å². The van der Waals surface area contributed by atoms with Gasteiger partial charge in [-0.2, -0.15) is 0 Å². The van der Waals surface area contributed by atoms with Gasteiger partial charge in [0.25, 0.3) is 5.56 Å². The van der Waals surface area contributed by atoms with E-state index in [2.05, 4.69) is 4.98 Å². The molecule has 0 atom stereocenters. The summed E-state index contributed by atoms with van der Waals surface area (Å²) < 4.78 is 1.82. The van der Waals surface area contributed by atoms with E-state index in [-0.39, 0.29) is 10.7 Å². The largest absolute Gasteiger partial charge is 0.294 e. The molecule has 0 amide bonds. The number of halogens is 4. The SMILES string of the molecule is O=c1c(I)c(Cl)ncn1Cc1cc(Cl)ccc1Cl. The van der Waals surface area contributed by atoms with Crippen LogP contribution in [0.3, 0.4) is 0 Å². The van der Waals surface area contributed by atoms with Crippen LogP contribution in [0.4, 0.5) is 0 Å². The first-order valence-electron chi connectivity index (χ1n) is 4.83. The molecule has 1 aromatic carbocycles. The van der Waals surface area contributed by atoms with Crippen LogP contribution in [0, 0.1) is 3.57 Å².